The minimum Gasteiger partial charge on any atom is -0.481 e. The molecule has 1 aliphatic heterocycles. The quantitative estimate of drug-likeness (QED) is 0.908. The first kappa shape index (κ1) is 15.3. The van der Waals surface area contributed by atoms with Gasteiger partial charge < -0.3 is 5.11 Å². The first-order valence-corrected chi connectivity index (χ1v) is 6.81. The Morgan fingerprint density at radius 2 is 2.15 bits per heavy atom. The van der Waals surface area contributed by atoms with Crippen molar-refractivity contribution in [3.8, 4) is 0 Å². The smallest absolute Gasteiger partial charge is 0.406 e. The highest BCUT2D eigenvalue weighted by Crippen LogP contribution is 2.46. The van der Waals surface area contributed by atoms with E-state index in [-0.39, 0.29) is 6.54 Å². The number of alkyl halides is 3. The lowest BCUT2D eigenvalue weighted by Crippen LogP contribution is -2.47. The molecule has 1 saturated heterocycles. The van der Waals surface area contributed by atoms with Crippen LogP contribution in [-0.2, 0) is 11.3 Å². The summed E-state index contributed by atoms with van der Waals surface area (Å²) < 4.78 is 39.9. The molecule has 2 rings (SSSR count). The number of rotatable bonds is 3. The van der Waals surface area contributed by atoms with Crippen molar-refractivity contribution in [3.63, 3.8) is 0 Å². The number of hydrogen-bond donors (Lipinski definition) is 1. The zero-order chi connectivity index (χ0) is 15.0. The molecule has 1 N–H and O–H groups in total. The molecule has 1 aromatic rings. The number of benzene rings is 1. The molecule has 20 heavy (non-hydrogen) atoms. The molecule has 3 nitrogen and oxygen atoms in total. The van der Waals surface area contributed by atoms with Crippen molar-refractivity contribution in [1.82, 2.24) is 4.90 Å². The van der Waals surface area contributed by atoms with Gasteiger partial charge >= 0.3 is 12.1 Å². The molecule has 110 valence electrons. The van der Waals surface area contributed by atoms with E-state index in [2.05, 4.69) is 15.9 Å². The van der Waals surface area contributed by atoms with E-state index in [0.29, 0.717) is 6.54 Å². The van der Waals surface area contributed by atoms with Crippen LogP contribution >= 0.6 is 15.9 Å². The Morgan fingerprint density at radius 1 is 1.45 bits per heavy atom. The van der Waals surface area contributed by atoms with Gasteiger partial charge in [0.1, 0.15) is 0 Å². The molecule has 1 heterocycles. The second-order valence-electron chi connectivity index (χ2n) is 4.98. The highest BCUT2D eigenvalue weighted by Gasteiger charge is 2.63. The lowest BCUT2D eigenvalue weighted by Gasteiger charge is -2.27. The van der Waals surface area contributed by atoms with E-state index in [4.69, 9.17) is 5.11 Å². The number of carbonyl (C=O) groups is 1. The van der Waals surface area contributed by atoms with Crippen molar-refractivity contribution in [2.45, 2.75) is 19.1 Å². The average Bonchev–Trinajstić information content (AvgIpc) is 2.73. The van der Waals surface area contributed by atoms with E-state index >= 15 is 0 Å². The third-order valence-corrected chi connectivity index (χ3v) is 4.09. The van der Waals surface area contributed by atoms with Gasteiger partial charge in [-0.05, 0) is 24.1 Å². The molecule has 0 saturated carbocycles. The van der Waals surface area contributed by atoms with Crippen molar-refractivity contribution in [2.75, 3.05) is 13.1 Å². The number of likely N-dealkylation sites (tertiary alicyclic amines) is 1. The Hall–Kier alpha value is -1.08. The molecule has 0 amide bonds. The summed E-state index contributed by atoms with van der Waals surface area (Å²) in [7, 11) is 0. The van der Waals surface area contributed by atoms with Gasteiger partial charge in [-0.3, -0.25) is 9.69 Å². The summed E-state index contributed by atoms with van der Waals surface area (Å²) >= 11 is 3.30. The van der Waals surface area contributed by atoms with Gasteiger partial charge in [0, 0.05) is 24.1 Å². The van der Waals surface area contributed by atoms with Crippen LogP contribution in [0.25, 0.3) is 0 Å². The molecule has 0 aromatic heterocycles. The van der Waals surface area contributed by atoms with Gasteiger partial charge in [0.25, 0.3) is 0 Å². The van der Waals surface area contributed by atoms with E-state index in [9.17, 15) is 18.0 Å². The maximum Gasteiger partial charge on any atom is 0.406 e. The summed E-state index contributed by atoms with van der Waals surface area (Å²) in [5.74, 6) is -1.79. The number of carboxylic acids is 1. The number of halogens is 4. The van der Waals surface area contributed by atoms with Crippen LogP contribution in [0.4, 0.5) is 13.2 Å². The van der Waals surface area contributed by atoms with Crippen molar-refractivity contribution in [1.29, 1.82) is 0 Å². The van der Waals surface area contributed by atoms with Crippen LogP contribution in [0.2, 0.25) is 0 Å². The second kappa shape index (κ2) is 5.37. The van der Waals surface area contributed by atoms with Gasteiger partial charge in [0.2, 0.25) is 0 Å². The Kier molecular flexibility index (Phi) is 4.11. The summed E-state index contributed by atoms with van der Waals surface area (Å²) in [6, 6.07) is 7.24. The van der Waals surface area contributed by atoms with Crippen molar-refractivity contribution in [2.24, 2.45) is 5.41 Å². The van der Waals surface area contributed by atoms with Crippen LogP contribution in [0, 0.1) is 5.41 Å². The zero-order valence-corrected chi connectivity index (χ0v) is 12.0. The molecule has 0 radical (unpaired) electrons. The highest BCUT2D eigenvalue weighted by molar-refractivity contribution is 9.10. The number of aliphatic carboxylic acids is 1. The standard InChI is InChI=1S/C13H13BrF3NO2/c14-10-3-1-2-9(6-10)7-18-5-4-12(8-18,11(19)20)13(15,16)17/h1-3,6H,4-5,7-8H2,(H,19,20). The molecule has 0 bridgehead atoms. The minimum atomic E-state index is -4.73. The number of hydrogen-bond acceptors (Lipinski definition) is 2. The highest BCUT2D eigenvalue weighted by atomic mass is 79.9. The van der Waals surface area contributed by atoms with Crippen molar-refractivity contribution in [3.05, 3.63) is 34.3 Å². The zero-order valence-electron chi connectivity index (χ0n) is 10.5. The van der Waals surface area contributed by atoms with Crippen molar-refractivity contribution >= 4 is 21.9 Å². The summed E-state index contributed by atoms with van der Waals surface area (Å²) in [6.07, 6.45) is -5.13. The van der Waals surface area contributed by atoms with Crippen LogP contribution in [0.15, 0.2) is 28.7 Å². The van der Waals surface area contributed by atoms with Crippen LogP contribution in [0.1, 0.15) is 12.0 Å². The predicted molar refractivity (Wildman–Crippen MR) is 70.2 cm³/mol. The molecule has 1 atom stereocenters. The summed E-state index contributed by atoms with van der Waals surface area (Å²) in [4.78, 5) is 12.6. The van der Waals surface area contributed by atoms with E-state index < -0.39 is 30.5 Å². The van der Waals surface area contributed by atoms with Crippen LogP contribution in [-0.4, -0.2) is 35.2 Å². The van der Waals surface area contributed by atoms with Crippen LogP contribution in [0.5, 0.6) is 0 Å². The van der Waals surface area contributed by atoms with Gasteiger partial charge in [-0.15, -0.1) is 0 Å². The topological polar surface area (TPSA) is 40.5 Å². The van der Waals surface area contributed by atoms with E-state index in [0.717, 1.165) is 10.0 Å². The van der Waals surface area contributed by atoms with E-state index in [1.165, 1.54) is 4.90 Å². The Balaban J connectivity index is 2.13. The molecular weight excluding hydrogens is 339 g/mol. The van der Waals surface area contributed by atoms with Gasteiger partial charge in [0.05, 0.1) is 0 Å². The first-order valence-electron chi connectivity index (χ1n) is 6.01. The molecule has 1 aromatic carbocycles. The Labute approximate surface area is 122 Å². The Bertz CT molecular complexity index is 521. The molecular formula is C13H13BrF3NO2. The number of carboxylic acid groups (broad SMARTS) is 1. The van der Waals surface area contributed by atoms with Gasteiger partial charge in [-0.1, -0.05) is 28.1 Å². The lowest BCUT2D eigenvalue weighted by atomic mass is 9.86. The molecule has 1 unspecified atom stereocenters. The van der Waals surface area contributed by atoms with E-state index in [1.54, 1.807) is 12.1 Å². The Morgan fingerprint density at radius 3 is 2.65 bits per heavy atom. The van der Waals surface area contributed by atoms with Crippen molar-refractivity contribution < 1.29 is 23.1 Å². The average molecular weight is 352 g/mol. The normalized spacial score (nSPS) is 24.0. The van der Waals surface area contributed by atoms with Gasteiger partial charge in [0.15, 0.2) is 5.41 Å². The summed E-state index contributed by atoms with van der Waals surface area (Å²) in [5, 5.41) is 8.97. The largest absolute Gasteiger partial charge is 0.481 e. The van der Waals surface area contributed by atoms with E-state index in [1.807, 2.05) is 12.1 Å². The number of nitrogens with zero attached hydrogens (tertiary/aromatic N) is 1. The molecule has 1 aliphatic rings. The summed E-state index contributed by atoms with van der Waals surface area (Å²) in [6.45, 7) is -0.0682. The van der Waals surface area contributed by atoms with Crippen LogP contribution in [0.3, 0.4) is 0 Å². The molecule has 0 aliphatic carbocycles. The fourth-order valence-electron chi connectivity index (χ4n) is 2.44. The SMILES string of the molecule is O=C(O)C1(C(F)(F)F)CCN(Cc2cccc(Br)c2)C1. The fourth-order valence-corrected chi connectivity index (χ4v) is 2.89. The fraction of sp³-hybridized carbons (Fsp3) is 0.462. The van der Waals surface area contributed by atoms with Gasteiger partial charge in [-0.2, -0.15) is 13.2 Å². The summed E-state index contributed by atoms with van der Waals surface area (Å²) in [5.41, 5.74) is -1.79. The third kappa shape index (κ3) is 2.83. The monoisotopic (exact) mass is 351 g/mol. The predicted octanol–water partition coefficient (Wildman–Crippen LogP) is 3.29. The molecule has 7 heteroatoms. The first-order chi connectivity index (χ1) is 9.24. The third-order valence-electron chi connectivity index (χ3n) is 3.60. The minimum absolute atomic E-state index is 0.123. The van der Waals surface area contributed by atoms with Crippen LogP contribution < -0.4 is 0 Å². The molecule has 0 spiro atoms. The maximum absolute atomic E-state index is 13.0. The maximum atomic E-state index is 13.0. The van der Waals surface area contributed by atoms with Gasteiger partial charge in [-0.25, -0.2) is 0 Å². The lowest BCUT2D eigenvalue weighted by molar-refractivity contribution is -0.227. The molecule has 1 fully saturated rings. The second-order valence-corrected chi connectivity index (χ2v) is 5.89.